The fourth-order valence-corrected chi connectivity index (χ4v) is 2.98. The molecule has 1 unspecified atom stereocenters. The van der Waals surface area contributed by atoms with E-state index in [0.29, 0.717) is 0 Å². The molecule has 0 heterocycles. The van der Waals surface area contributed by atoms with E-state index >= 15 is 0 Å². The number of hydrogen-bond acceptors (Lipinski definition) is 1. The van der Waals surface area contributed by atoms with E-state index < -0.39 is 0 Å². The van der Waals surface area contributed by atoms with Gasteiger partial charge in [0.1, 0.15) is 0 Å². The lowest BCUT2D eigenvalue weighted by Gasteiger charge is -2.39. The number of hydrogen-bond donors (Lipinski definition) is 1. The minimum Gasteiger partial charge on any atom is -0.321 e. The summed E-state index contributed by atoms with van der Waals surface area (Å²) < 4.78 is 0. The van der Waals surface area contributed by atoms with Crippen LogP contribution in [0.1, 0.15) is 44.7 Å². The van der Waals surface area contributed by atoms with Crippen LogP contribution in [0.15, 0.2) is 24.3 Å². The third-order valence-corrected chi connectivity index (χ3v) is 3.98. The Labute approximate surface area is 92.7 Å². The highest BCUT2D eigenvalue weighted by Gasteiger charge is 2.48. The Bertz CT molecular complexity index is 367. The van der Waals surface area contributed by atoms with Gasteiger partial charge in [-0.1, -0.05) is 51.5 Å². The Morgan fingerprint density at radius 2 is 1.93 bits per heavy atom. The van der Waals surface area contributed by atoms with Gasteiger partial charge in [-0.25, -0.2) is 0 Å². The van der Waals surface area contributed by atoms with Gasteiger partial charge in [0.15, 0.2) is 0 Å². The van der Waals surface area contributed by atoms with E-state index in [0.717, 1.165) is 19.3 Å². The van der Waals surface area contributed by atoms with Gasteiger partial charge in [-0.2, -0.15) is 0 Å². The first-order valence-corrected chi connectivity index (χ1v) is 5.88. The largest absolute Gasteiger partial charge is 0.321 e. The summed E-state index contributed by atoms with van der Waals surface area (Å²) >= 11 is 0. The molecule has 82 valence electrons. The molecule has 0 aliphatic heterocycles. The van der Waals surface area contributed by atoms with Gasteiger partial charge in [-0.3, -0.25) is 0 Å². The average molecular weight is 203 g/mol. The Hall–Kier alpha value is -0.820. The molecule has 0 saturated carbocycles. The maximum absolute atomic E-state index is 6.66. The highest BCUT2D eigenvalue weighted by atomic mass is 14.8. The second-order valence-corrected chi connectivity index (χ2v) is 5.44. The van der Waals surface area contributed by atoms with Crippen LogP contribution in [0.5, 0.6) is 0 Å². The van der Waals surface area contributed by atoms with E-state index in [4.69, 9.17) is 5.73 Å². The third-order valence-electron chi connectivity index (χ3n) is 3.98. The highest BCUT2D eigenvalue weighted by molar-refractivity contribution is 5.41. The number of nitrogens with two attached hydrogens (primary N) is 1. The molecule has 0 amide bonds. The van der Waals surface area contributed by atoms with Crippen LogP contribution in [-0.4, -0.2) is 0 Å². The summed E-state index contributed by atoms with van der Waals surface area (Å²) in [5, 5.41) is 0. The van der Waals surface area contributed by atoms with Crippen LogP contribution < -0.4 is 5.73 Å². The van der Waals surface area contributed by atoms with Crippen molar-refractivity contribution < 1.29 is 0 Å². The summed E-state index contributed by atoms with van der Waals surface area (Å²) in [6.45, 7) is 6.80. The Morgan fingerprint density at radius 3 is 2.60 bits per heavy atom. The van der Waals surface area contributed by atoms with Crippen molar-refractivity contribution in [2.75, 3.05) is 0 Å². The summed E-state index contributed by atoms with van der Waals surface area (Å²) in [4.78, 5) is 0. The first-order chi connectivity index (χ1) is 7.01. The summed E-state index contributed by atoms with van der Waals surface area (Å²) in [6, 6.07) is 8.66. The van der Waals surface area contributed by atoms with Crippen molar-refractivity contribution in [2.24, 2.45) is 11.1 Å². The zero-order valence-electron chi connectivity index (χ0n) is 10.0. The monoisotopic (exact) mass is 203 g/mol. The molecule has 15 heavy (non-hydrogen) atoms. The Balaban J connectivity index is 2.52. The number of benzene rings is 1. The predicted molar refractivity (Wildman–Crippen MR) is 64.7 cm³/mol. The molecule has 2 rings (SSSR count). The maximum Gasteiger partial charge on any atom is 0.0467 e. The van der Waals surface area contributed by atoms with Gasteiger partial charge in [0.25, 0.3) is 0 Å². The van der Waals surface area contributed by atoms with Crippen molar-refractivity contribution in [3.8, 4) is 0 Å². The Kier molecular flexibility index (Phi) is 2.38. The van der Waals surface area contributed by atoms with E-state index in [1.807, 2.05) is 0 Å². The summed E-state index contributed by atoms with van der Waals surface area (Å²) in [5.41, 5.74) is 9.53. The van der Waals surface area contributed by atoms with E-state index in [1.54, 1.807) is 0 Å². The molecule has 0 aromatic heterocycles. The van der Waals surface area contributed by atoms with Gasteiger partial charge in [-0.15, -0.1) is 0 Å². The number of rotatable bonds is 2. The maximum atomic E-state index is 6.66. The fourth-order valence-electron chi connectivity index (χ4n) is 2.98. The van der Waals surface area contributed by atoms with Crippen molar-refractivity contribution in [1.82, 2.24) is 0 Å². The summed E-state index contributed by atoms with van der Waals surface area (Å²) in [7, 11) is 0. The van der Waals surface area contributed by atoms with Crippen molar-refractivity contribution in [1.29, 1.82) is 0 Å². The van der Waals surface area contributed by atoms with E-state index in [9.17, 15) is 0 Å². The molecule has 0 radical (unpaired) electrons. The molecule has 0 fully saturated rings. The standard InChI is InChI=1S/C14H21N/c1-4-9-14(15)12-8-6-5-7-11(12)10-13(14,2)3/h5-8H,4,9-10,15H2,1-3H3. The first kappa shape index (κ1) is 10.7. The second-order valence-electron chi connectivity index (χ2n) is 5.44. The quantitative estimate of drug-likeness (QED) is 0.784. The summed E-state index contributed by atoms with van der Waals surface area (Å²) in [5.74, 6) is 0. The van der Waals surface area contributed by atoms with Crippen LogP contribution >= 0.6 is 0 Å². The van der Waals surface area contributed by atoms with Crippen molar-refractivity contribution in [3.05, 3.63) is 35.4 Å². The lowest BCUT2D eigenvalue weighted by Crippen LogP contribution is -2.46. The molecule has 1 aromatic rings. The van der Waals surface area contributed by atoms with Crippen LogP contribution in [0.3, 0.4) is 0 Å². The minimum absolute atomic E-state index is 0.127. The minimum atomic E-state index is -0.127. The van der Waals surface area contributed by atoms with Gasteiger partial charge in [0, 0.05) is 5.54 Å². The van der Waals surface area contributed by atoms with Crippen molar-refractivity contribution in [2.45, 2.75) is 45.6 Å². The lowest BCUT2D eigenvalue weighted by molar-refractivity contribution is 0.175. The highest BCUT2D eigenvalue weighted by Crippen LogP contribution is 2.50. The molecule has 1 atom stereocenters. The van der Waals surface area contributed by atoms with E-state index in [1.165, 1.54) is 11.1 Å². The molecule has 1 nitrogen and oxygen atoms in total. The normalized spacial score (nSPS) is 27.7. The number of fused-ring (bicyclic) bond motifs is 1. The van der Waals surface area contributed by atoms with Crippen LogP contribution in [0.2, 0.25) is 0 Å². The lowest BCUT2D eigenvalue weighted by atomic mass is 9.71. The molecule has 1 aliphatic rings. The van der Waals surface area contributed by atoms with Gasteiger partial charge in [0.05, 0.1) is 0 Å². The molecule has 2 N–H and O–H groups in total. The first-order valence-electron chi connectivity index (χ1n) is 5.88. The topological polar surface area (TPSA) is 26.0 Å². The smallest absolute Gasteiger partial charge is 0.0467 e. The van der Waals surface area contributed by atoms with Crippen molar-refractivity contribution in [3.63, 3.8) is 0 Å². The molecule has 0 saturated heterocycles. The van der Waals surface area contributed by atoms with E-state index in [2.05, 4.69) is 45.0 Å². The molecule has 1 aliphatic carbocycles. The predicted octanol–water partition coefficient (Wildman–Crippen LogP) is 3.22. The third kappa shape index (κ3) is 1.41. The van der Waals surface area contributed by atoms with Crippen molar-refractivity contribution >= 4 is 0 Å². The average Bonchev–Trinajstić information content (AvgIpc) is 2.36. The van der Waals surface area contributed by atoms with Gasteiger partial charge in [0.2, 0.25) is 0 Å². The van der Waals surface area contributed by atoms with E-state index in [-0.39, 0.29) is 11.0 Å². The zero-order valence-corrected chi connectivity index (χ0v) is 10.0. The van der Waals surface area contributed by atoms with Crippen LogP contribution in [-0.2, 0) is 12.0 Å². The second kappa shape index (κ2) is 3.34. The summed E-state index contributed by atoms with van der Waals surface area (Å²) in [6.07, 6.45) is 3.34. The van der Waals surface area contributed by atoms with Crippen LogP contribution in [0.25, 0.3) is 0 Å². The van der Waals surface area contributed by atoms with Gasteiger partial charge in [-0.05, 0) is 29.4 Å². The molecular weight excluding hydrogens is 182 g/mol. The molecule has 1 heteroatoms. The molecule has 0 bridgehead atoms. The SMILES string of the molecule is CCCC1(N)c2ccccc2CC1(C)C. The molecule has 0 spiro atoms. The van der Waals surface area contributed by atoms with Gasteiger partial charge >= 0.3 is 0 Å². The Morgan fingerprint density at radius 1 is 1.27 bits per heavy atom. The van der Waals surface area contributed by atoms with Crippen LogP contribution in [0, 0.1) is 5.41 Å². The molecular formula is C14H21N. The fraction of sp³-hybridized carbons (Fsp3) is 0.571. The van der Waals surface area contributed by atoms with Crippen LogP contribution in [0.4, 0.5) is 0 Å². The van der Waals surface area contributed by atoms with Gasteiger partial charge < -0.3 is 5.73 Å². The zero-order chi connectivity index (χ0) is 11.1. The molecule has 1 aromatic carbocycles.